The second kappa shape index (κ2) is 6.78. The Balaban J connectivity index is 1.76. The number of rotatable bonds is 2. The van der Waals surface area contributed by atoms with Crippen molar-refractivity contribution in [2.75, 3.05) is 13.7 Å². The van der Waals surface area contributed by atoms with Crippen molar-refractivity contribution in [3.8, 4) is 22.3 Å². The van der Waals surface area contributed by atoms with E-state index in [0.717, 1.165) is 27.3 Å². The number of nitrogens with one attached hydrogen (secondary N) is 2. The van der Waals surface area contributed by atoms with E-state index in [2.05, 4.69) is 22.1 Å². The summed E-state index contributed by atoms with van der Waals surface area (Å²) in [4.78, 5) is 6.34. The van der Waals surface area contributed by atoms with Gasteiger partial charge in [0.05, 0.1) is 16.5 Å². The molecule has 0 amide bonds. The van der Waals surface area contributed by atoms with Crippen molar-refractivity contribution < 1.29 is 4.74 Å². The largest absolute Gasteiger partial charge is 0.363 e. The van der Waals surface area contributed by atoms with Crippen molar-refractivity contribution in [2.24, 2.45) is 0 Å². The van der Waals surface area contributed by atoms with Crippen molar-refractivity contribution in [1.82, 2.24) is 14.6 Å². The number of aromatic nitrogens is 1. The monoisotopic (exact) mass is 404 g/mol. The maximum atomic E-state index is 8.21. The van der Waals surface area contributed by atoms with Crippen molar-refractivity contribution in [1.29, 1.82) is 5.41 Å². The van der Waals surface area contributed by atoms with Gasteiger partial charge in [0.1, 0.15) is 5.54 Å². The number of halogens is 1. The SMILES string of the molecule is CC#Cc1cncc(-c2cc(Cl)c(C34CCOC3SN(C)C(=N)N4)s2)c1. The average Bonchev–Trinajstić information content (AvgIpc) is 3.20. The minimum Gasteiger partial charge on any atom is -0.363 e. The van der Waals surface area contributed by atoms with Gasteiger partial charge in [-0.05, 0) is 31.0 Å². The number of nitrogens with zero attached hydrogens (tertiary/aromatic N) is 2. The standard InChI is InChI=1S/C18H17ClN4OS2/c1-3-4-11-7-12(10-21-9-11)14-8-13(19)15(25-14)18-5-6-24-16(18)26-23(2)17(20)22-18/h7-10,16H,5-6H2,1-2H3,(H2,20,22). The molecular weight excluding hydrogens is 388 g/mol. The molecule has 0 spiro atoms. The number of guanidine groups is 1. The molecule has 134 valence electrons. The Morgan fingerprint density at radius 1 is 1.46 bits per heavy atom. The van der Waals surface area contributed by atoms with Gasteiger partial charge < -0.3 is 10.1 Å². The Kier molecular flexibility index (Phi) is 4.61. The van der Waals surface area contributed by atoms with E-state index in [1.807, 2.05) is 32.3 Å². The molecule has 2 atom stereocenters. The molecule has 4 heterocycles. The van der Waals surface area contributed by atoms with Gasteiger partial charge in [-0.2, -0.15) is 0 Å². The number of pyridine rings is 1. The molecular formula is C18H17ClN4OS2. The highest BCUT2D eigenvalue weighted by Crippen LogP contribution is 2.51. The molecule has 2 saturated heterocycles. The van der Waals surface area contributed by atoms with Crippen LogP contribution in [0.1, 0.15) is 23.8 Å². The molecule has 26 heavy (non-hydrogen) atoms. The summed E-state index contributed by atoms with van der Waals surface area (Å²) >= 11 is 9.80. The van der Waals surface area contributed by atoms with Crippen molar-refractivity contribution in [2.45, 2.75) is 24.3 Å². The number of thiophene rings is 1. The van der Waals surface area contributed by atoms with Gasteiger partial charge in [-0.3, -0.25) is 14.7 Å². The highest BCUT2D eigenvalue weighted by atomic mass is 35.5. The van der Waals surface area contributed by atoms with E-state index in [0.29, 0.717) is 17.6 Å². The van der Waals surface area contributed by atoms with E-state index >= 15 is 0 Å². The van der Waals surface area contributed by atoms with Crippen LogP contribution in [-0.2, 0) is 10.3 Å². The fourth-order valence-corrected chi connectivity index (χ4v) is 6.02. The van der Waals surface area contributed by atoms with Gasteiger partial charge in [-0.1, -0.05) is 17.5 Å². The second-order valence-corrected chi connectivity index (χ2v) is 8.77. The lowest BCUT2D eigenvalue weighted by atomic mass is 9.96. The number of hydrogen-bond acceptors (Lipinski definition) is 5. The summed E-state index contributed by atoms with van der Waals surface area (Å²) in [5.41, 5.74) is 1.29. The summed E-state index contributed by atoms with van der Waals surface area (Å²) < 4.78 is 7.72. The average molecular weight is 405 g/mol. The number of ether oxygens (including phenoxy) is 1. The van der Waals surface area contributed by atoms with Gasteiger partial charge in [0, 0.05) is 41.9 Å². The van der Waals surface area contributed by atoms with E-state index in [1.54, 1.807) is 21.8 Å². The van der Waals surface area contributed by atoms with Crippen LogP contribution in [0.25, 0.3) is 10.4 Å². The van der Waals surface area contributed by atoms with Crippen LogP contribution in [0.4, 0.5) is 0 Å². The first-order valence-electron chi connectivity index (χ1n) is 8.10. The predicted octanol–water partition coefficient (Wildman–Crippen LogP) is 3.89. The van der Waals surface area contributed by atoms with Crippen molar-refractivity contribution in [3.05, 3.63) is 40.0 Å². The molecule has 2 N–H and O–H groups in total. The number of fused-ring (bicyclic) bond motifs is 1. The summed E-state index contributed by atoms with van der Waals surface area (Å²) in [6.07, 6.45) is 4.36. The molecule has 2 aliphatic heterocycles. The minimum atomic E-state index is -0.470. The molecule has 0 radical (unpaired) electrons. The van der Waals surface area contributed by atoms with E-state index in [9.17, 15) is 0 Å². The Bertz CT molecular complexity index is 935. The normalized spacial score (nSPS) is 24.7. The van der Waals surface area contributed by atoms with Crippen LogP contribution in [0, 0.1) is 17.3 Å². The molecule has 0 aliphatic carbocycles. The zero-order valence-electron chi connectivity index (χ0n) is 14.3. The molecule has 2 aliphatic rings. The van der Waals surface area contributed by atoms with Gasteiger partial charge in [-0.25, -0.2) is 0 Å². The zero-order valence-corrected chi connectivity index (χ0v) is 16.7. The van der Waals surface area contributed by atoms with Gasteiger partial charge in [0.15, 0.2) is 5.44 Å². The highest BCUT2D eigenvalue weighted by molar-refractivity contribution is 7.98. The van der Waals surface area contributed by atoms with Crippen molar-refractivity contribution >= 4 is 40.8 Å². The summed E-state index contributed by atoms with van der Waals surface area (Å²) in [5, 5.41) is 12.3. The Hall–Kier alpha value is -1.72. The first kappa shape index (κ1) is 17.7. The smallest absolute Gasteiger partial charge is 0.201 e. The summed E-state index contributed by atoms with van der Waals surface area (Å²) in [6, 6.07) is 3.99. The van der Waals surface area contributed by atoms with E-state index in [4.69, 9.17) is 21.7 Å². The molecule has 4 rings (SSSR count). The molecule has 8 heteroatoms. The molecule has 0 saturated carbocycles. The highest BCUT2D eigenvalue weighted by Gasteiger charge is 2.52. The molecule has 2 unspecified atom stereocenters. The van der Waals surface area contributed by atoms with Crippen LogP contribution in [0.15, 0.2) is 24.5 Å². The maximum Gasteiger partial charge on any atom is 0.201 e. The van der Waals surface area contributed by atoms with Gasteiger partial charge in [0.25, 0.3) is 0 Å². The zero-order chi connectivity index (χ0) is 18.3. The van der Waals surface area contributed by atoms with Crippen LogP contribution in [-0.4, -0.2) is 34.3 Å². The summed E-state index contributed by atoms with van der Waals surface area (Å²) in [6.45, 7) is 2.45. The molecule has 0 bridgehead atoms. The Morgan fingerprint density at radius 3 is 3.12 bits per heavy atom. The third-order valence-electron chi connectivity index (χ3n) is 4.46. The summed E-state index contributed by atoms with van der Waals surface area (Å²) in [7, 11) is 1.86. The third kappa shape index (κ3) is 2.87. The second-order valence-electron chi connectivity index (χ2n) is 6.13. The molecule has 2 aromatic rings. The van der Waals surface area contributed by atoms with Crippen LogP contribution in [0.5, 0.6) is 0 Å². The van der Waals surface area contributed by atoms with Gasteiger partial charge >= 0.3 is 0 Å². The fraction of sp³-hybridized carbons (Fsp3) is 0.333. The fourth-order valence-electron chi connectivity index (χ4n) is 3.20. The van der Waals surface area contributed by atoms with Crippen LogP contribution in [0.3, 0.4) is 0 Å². The molecule has 0 aromatic carbocycles. The quantitative estimate of drug-likeness (QED) is 0.587. The molecule has 2 aromatic heterocycles. The summed E-state index contributed by atoms with van der Waals surface area (Å²) in [5.74, 6) is 6.30. The van der Waals surface area contributed by atoms with Gasteiger partial charge in [-0.15, -0.1) is 17.3 Å². The first-order chi connectivity index (χ1) is 12.5. The Morgan fingerprint density at radius 2 is 2.31 bits per heavy atom. The van der Waals surface area contributed by atoms with Crippen LogP contribution >= 0.6 is 34.9 Å². The lowest BCUT2D eigenvalue weighted by Crippen LogP contribution is -2.57. The van der Waals surface area contributed by atoms with E-state index in [1.165, 1.54) is 11.9 Å². The lowest BCUT2D eigenvalue weighted by molar-refractivity contribution is 0.138. The first-order valence-corrected chi connectivity index (χ1v) is 10.1. The Labute approximate surface area is 165 Å². The van der Waals surface area contributed by atoms with Crippen LogP contribution in [0.2, 0.25) is 5.02 Å². The molecule has 5 nitrogen and oxygen atoms in total. The predicted molar refractivity (Wildman–Crippen MR) is 107 cm³/mol. The van der Waals surface area contributed by atoms with E-state index < -0.39 is 5.54 Å². The van der Waals surface area contributed by atoms with Crippen molar-refractivity contribution in [3.63, 3.8) is 0 Å². The number of hydrogen-bond donors (Lipinski definition) is 2. The molecule has 2 fully saturated rings. The third-order valence-corrected chi connectivity index (χ3v) is 7.46. The van der Waals surface area contributed by atoms with Gasteiger partial charge in [0.2, 0.25) is 5.96 Å². The minimum absolute atomic E-state index is 0.110. The van der Waals surface area contributed by atoms with E-state index in [-0.39, 0.29) is 5.44 Å². The maximum absolute atomic E-state index is 8.21. The topological polar surface area (TPSA) is 61.2 Å². The lowest BCUT2D eigenvalue weighted by Gasteiger charge is -2.42. The van der Waals surface area contributed by atoms with Crippen LogP contribution < -0.4 is 5.32 Å².